The summed E-state index contributed by atoms with van der Waals surface area (Å²) < 4.78 is 32.4. The highest BCUT2D eigenvalue weighted by Crippen LogP contribution is 2.20. The molecule has 0 spiro atoms. The van der Waals surface area contributed by atoms with Gasteiger partial charge in [0.15, 0.2) is 0 Å². The van der Waals surface area contributed by atoms with Crippen molar-refractivity contribution in [2.45, 2.75) is 30.6 Å². The fourth-order valence-electron chi connectivity index (χ4n) is 3.19. The monoisotopic (exact) mass is 374 g/mol. The van der Waals surface area contributed by atoms with Crippen LogP contribution in [0, 0.1) is 0 Å². The van der Waals surface area contributed by atoms with Gasteiger partial charge in [0.25, 0.3) is 0 Å². The van der Waals surface area contributed by atoms with Crippen LogP contribution < -0.4 is 14.4 Å². The van der Waals surface area contributed by atoms with E-state index >= 15 is 0 Å². The number of rotatable bonds is 7. The molecule has 0 radical (unpaired) electrons. The molecule has 140 valence electrons. The van der Waals surface area contributed by atoms with Crippen LogP contribution in [0.5, 0.6) is 5.75 Å². The summed E-state index contributed by atoms with van der Waals surface area (Å²) in [4.78, 5) is 2.67. The van der Waals surface area contributed by atoms with Gasteiger partial charge < -0.3 is 9.64 Å². The second-order valence-electron chi connectivity index (χ2n) is 6.54. The number of benzene rings is 2. The average molecular weight is 375 g/mol. The SMILES string of the molecule is COc1ccc(S(=O)(=O)NCCc2ccc(N3CCCCC3)cc2)cc1. The summed E-state index contributed by atoms with van der Waals surface area (Å²) in [6, 6.07) is 14.8. The molecule has 6 heteroatoms. The van der Waals surface area contributed by atoms with Gasteiger partial charge in [-0.25, -0.2) is 13.1 Å². The number of sulfonamides is 1. The van der Waals surface area contributed by atoms with Crippen LogP contribution in [0.25, 0.3) is 0 Å². The van der Waals surface area contributed by atoms with E-state index < -0.39 is 10.0 Å². The van der Waals surface area contributed by atoms with Crippen LogP contribution in [-0.4, -0.2) is 35.2 Å². The van der Waals surface area contributed by atoms with Crippen molar-refractivity contribution in [3.63, 3.8) is 0 Å². The number of nitrogens with zero attached hydrogens (tertiary/aromatic N) is 1. The number of ether oxygens (including phenoxy) is 1. The quantitative estimate of drug-likeness (QED) is 0.808. The summed E-state index contributed by atoms with van der Waals surface area (Å²) in [5.41, 5.74) is 2.38. The Labute approximate surface area is 156 Å². The van der Waals surface area contributed by atoms with Crippen molar-refractivity contribution in [2.75, 3.05) is 31.6 Å². The average Bonchev–Trinajstić information content (AvgIpc) is 2.69. The number of hydrogen-bond acceptors (Lipinski definition) is 4. The zero-order chi connectivity index (χ0) is 18.4. The summed E-state index contributed by atoms with van der Waals surface area (Å²) in [7, 11) is -1.94. The highest BCUT2D eigenvalue weighted by Gasteiger charge is 2.14. The molecule has 3 rings (SSSR count). The van der Waals surface area contributed by atoms with Crippen LogP contribution in [0.4, 0.5) is 5.69 Å². The number of hydrogen-bond donors (Lipinski definition) is 1. The summed E-state index contributed by atoms with van der Waals surface area (Å²) >= 11 is 0. The molecule has 26 heavy (non-hydrogen) atoms. The van der Waals surface area contributed by atoms with Crippen LogP contribution in [0.1, 0.15) is 24.8 Å². The topological polar surface area (TPSA) is 58.6 Å². The first-order valence-electron chi connectivity index (χ1n) is 9.06. The Morgan fingerprint density at radius 2 is 1.62 bits per heavy atom. The van der Waals surface area contributed by atoms with E-state index in [0.29, 0.717) is 18.7 Å². The Bertz CT molecular complexity index is 796. The van der Waals surface area contributed by atoms with Crippen molar-refractivity contribution < 1.29 is 13.2 Å². The van der Waals surface area contributed by atoms with Gasteiger partial charge in [0.2, 0.25) is 10.0 Å². The number of anilines is 1. The number of piperidine rings is 1. The standard InChI is InChI=1S/C20H26N2O3S/c1-25-19-9-11-20(12-10-19)26(23,24)21-14-13-17-5-7-18(8-6-17)22-15-3-2-4-16-22/h5-12,21H,2-4,13-16H2,1H3. The van der Waals surface area contributed by atoms with Crippen molar-refractivity contribution in [2.24, 2.45) is 0 Å². The molecule has 1 aliphatic rings. The molecule has 1 heterocycles. The maximum atomic E-state index is 12.3. The Morgan fingerprint density at radius 1 is 0.962 bits per heavy atom. The Hall–Kier alpha value is -2.05. The third-order valence-corrected chi connectivity index (χ3v) is 6.21. The zero-order valence-electron chi connectivity index (χ0n) is 15.1. The minimum atomic E-state index is -3.49. The van der Waals surface area contributed by atoms with E-state index in [1.807, 2.05) is 0 Å². The normalized spacial score (nSPS) is 15.0. The molecule has 1 aliphatic heterocycles. The molecule has 1 fully saturated rings. The van der Waals surface area contributed by atoms with E-state index in [0.717, 1.165) is 18.7 Å². The van der Waals surface area contributed by atoms with Crippen LogP contribution in [0.3, 0.4) is 0 Å². The Morgan fingerprint density at radius 3 is 2.23 bits per heavy atom. The van der Waals surface area contributed by atoms with Gasteiger partial charge in [0.1, 0.15) is 5.75 Å². The summed E-state index contributed by atoms with van der Waals surface area (Å²) in [6.45, 7) is 2.62. The van der Waals surface area contributed by atoms with Gasteiger partial charge in [-0.3, -0.25) is 0 Å². The maximum Gasteiger partial charge on any atom is 0.240 e. The third-order valence-electron chi connectivity index (χ3n) is 4.73. The van der Waals surface area contributed by atoms with Gasteiger partial charge in [0, 0.05) is 25.3 Å². The van der Waals surface area contributed by atoms with Gasteiger partial charge in [-0.2, -0.15) is 0 Å². The molecular weight excluding hydrogens is 348 g/mol. The minimum Gasteiger partial charge on any atom is -0.497 e. The molecule has 0 atom stereocenters. The van der Waals surface area contributed by atoms with Gasteiger partial charge in [-0.05, 0) is 67.6 Å². The number of methoxy groups -OCH3 is 1. The molecule has 0 saturated carbocycles. The van der Waals surface area contributed by atoms with E-state index in [9.17, 15) is 8.42 Å². The van der Waals surface area contributed by atoms with E-state index in [1.54, 1.807) is 31.4 Å². The predicted molar refractivity (Wildman–Crippen MR) is 104 cm³/mol. The molecule has 0 amide bonds. The second kappa shape index (κ2) is 8.56. The summed E-state index contributed by atoms with van der Waals surface area (Å²) in [6.07, 6.45) is 4.50. The molecule has 2 aromatic rings. The Kier molecular flexibility index (Phi) is 6.16. The van der Waals surface area contributed by atoms with Crippen LogP contribution in [-0.2, 0) is 16.4 Å². The zero-order valence-corrected chi connectivity index (χ0v) is 16.0. The van der Waals surface area contributed by atoms with Crippen molar-refractivity contribution in [1.29, 1.82) is 0 Å². The van der Waals surface area contributed by atoms with Crippen LogP contribution >= 0.6 is 0 Å². The fourth-order valence-corrected chi connectivity index (χ4v) is 4.23. The molecule has 1 N–H and O–H groups in total. The lowest BCUT2D eigenvalue weighted by Gasteiger charge is -2.28. The van der Waals surface area contributed by atoms with Crippen molar-refractivity contribution in [3.05, 3.63) is 54.1 Å². The first kappa shape index (κ1) is 18.7. The van der Waals surface area contributed by atoms with Crippen molar-refractivity contribution >= 4 is 15.7 Å². The Balaban J connectivity index is 1.53. The first-order valence-corrected chi connectivity index (χ1v) is 10.5. The molecular formula is C20H26N2O3S. The highest BCUT2D eigenvalue weighted by molar-refractivity contribution is 7.89. The van der Waals surface area contributed by atoms with E-state index in [2.05, 4.69) is 33.9 Å². The molecule has 0 bridgehead atoms. The minimum absolute atomic E-state index is 0.249. The van der Waals surface area contributed by atoms with E-state index in [-0.39, 0.29) is 4.90 Å². The highest BCUT2D eigenvalue weighted by atomic mass is 32.2. The molecule has 0 aromatic heterocycles. The molecule has 0 unspecified atom stereocenters. The lowest BCUT2D eigenvalue weighted by atomic mass is 10.1. The summed E-state index contributed by atoms with van der Waals surface area (Å²) in [5.74, 6) is 0.637. The predicted octanol–water partition coefficient (Wildman–Crippen LogP) is 3.21. The lowest BCUT2D eigenvalue weighted by molar-refractivity contribution is 0.414. The molecule has 1 saturated heterocycles. The molecule has 2 aromatic carbocycles. The number of nitrogens with one attached hydrogen (secondary N) is 1. The third kappa shape index (κ3) is 4.77. The van der Waals surface area contributed by atoms with E-state index in [1.165, 1.54) is 24.9 Å². The largest absolute Gasteiger partial charge is 0.497 e. The van der Waals surface area contributed by atoms with Crippen LogP contribution in [0.2, 0.25) is 0 Å². The summed E-state index contributed by atoms with van der Waals surface area (Å²) in [5, 5.41) is 0. The van der Waals surface area contributed by atoms with E-state index in [4.69, 9.17) is 4.74 Å². The van der Waals surface area contributed by atoms with Gasteiger partial charge in [-0.1, -0.05) is 12.1 Å². The smallest absolute Gasteiger partial charge is 0.240 e. The maximum absolute atomic E-state index is 12.3. The van der Waals surface area contributed by atoms with Crippen LogP contribution in [0.15, 0.2) is 53.4 Å². The van der Waals surface area contributed by atoms with Gasteiger partial charge >= 0.3 is 0 Å². The lowest BCUT2D eigenvalue weighted by Crippen LogP contribution is -2.29. The van der Waals surface area contributed by atoms with Crippen molar-refractivity contribution in [1.82, 2.24) is 4.72 Å². The first-order chi connectivity index (χ1) is 12.6. The second-order valence-corrected chi connectivity index (χ2v) is 8.30. The van der Waals surface area contributed by atoms with Crippen molar-refractivity contribution in [3.8, 4) is 5.75 Å². The molecule has 5 nitrogen and oxygen atoms in total. The van der Waals surface area contributed by atoms with Gasteiger partial charge in [-0.15, -0.1) is 0 Å². The van der Waals surface area contributed by atoms with Gasteiger partial charge in [0.05, 0.1) is 12.0 Å². The molecule has 0 aliphatic carbocycles. The fraction of sp³-hybridized carbons (Fsp3) is 0.400.